The van der Waals surface area contributed by atoms with Crippen molar-refractivity contribution in [3.05, 3.63) is 48.5 Å². The molecule has 0 heterocycles. The minimum absolute atomic E-state index is 0.588. The van der Waals surface area contributed by atoms with Gasteiger partial charge >= 0.3 is 0 Å². The minimum Gasteiger partial charge on any atom is -0.494 e. The number of hydrogen-bond acceptors (Lipinski definition) is 4. The van der Waals surface area contributed by atoms with Gasteiger partial charge in [0.2, 0.25) is 0 Å². The van der Waals surface area contributed by atoms with Gasteiger partial charge in [-0.3, -0.25) is 0 Å². The van der Waals surface area contributed by atoms with E-state index in [4.69, 9.17) is 30.8 Å². The Labute approximate surface area is 164 Å². The van der Waals surface area contributed by atoms with E-state index in [1.807, 2.05) is 24.3 Å². The van der Waals surface area contributed by atoms with Crippen molar-refractivity contribution in [2.75, 3.05) is 13.2 Å². The molecule has 0 saturated carbocycles. The molecular weight excluding hydrogens is 399 g/mol. The molecule has 0 amide bonds. The molecular formula is C18H20Cl2O3S2. The summed E-state index contributed by atoms with van der Waals surface area (Å²) in [6.07, 6.45) is 4.20. The molecule has 0 spiro atoms. The van der Waals surface area contributed by atoms with Crippen molar-refractivity contribution in [2.24, 2.45) is 0 Å². The molecule has 2 rings (SSSR count). The van der Waals surface area contributed by atoms with E-state index < -0.39 is 10.0 Å². The van der Waals surface area contributed by atoms with Gasteiger partial charge in [-0.05, 0) is 107 Å². The molecule has 0 aliphatic carbocycles. The standard InChI is InChI=1S/C18H20Cl2O3S2/c19-24-17-9-5-15(6-10-17)22-13-3-1-2-4-14-23-16-7-11-18(12-8-16)25(20)21/h5-12H,1-4,13-14H2. The molecule has 136 valence electrons. The van der Waals surface area contributed by atoms with E-state index in [9.17, 15) is 4.21 Å². The molecule has 0 aromatic heterocycles. The maximum Gasteiger partial charge on any atom is 0.147 e. The molecule has 0 aliphatic rings. The lowest BCUT2D eigenvalue weighted by atomic mass is 10.2. The highest BCUT2D eigenvalue weighted by Gasteiger charge is 2.00. The Morgan fingerprint density at radius 1 is 0.800 bits per heavy atom. The van der Waals surface area contributed by atoms with Crippen molar-refractivity contribution in [1.82, 2.24) is 0 Å². The summed E-state index contributed by atoms with van der Waals surface area (Å²) in [6, 6.07) is 14.8. The predicted molar refractivity (Wildman–Crippen MR) is 106 cm³/mol. The first-order chi connectivity index (χ1) is 12.2. The predicted octanol–water partition coefficient (Wildman–Crippen LogP) is 6.21. The third-order valence-electron chi connectivity index (χ3n) is 3.50. The lowest BCUT2D eigenvalue weighted by molar-refractivity contribution is 0.287. The zero-order valence-electron chi connectivity index (χ0n) is 13.7. The first-order valence-corrected chi connectivity index (χ1v) is 11.6. The smallest absolute Gasteiger partial charge is 0.147 e. The highest BCUT2D eigenvalue weighted by Crippen LogP contribution is 2.24. The second kappa shape index (κ2) is 11.7. The fourth-order valence-corrected chi connectivity index (χ4v) is 3.37. The summed E-state index contributed by atoms with van der Waals surface area (Å²) in [4.78, 5) is 1.60. The topological polar surface area (TPSA) is 35.5 Å². The Kier molecular flexibility index (Phi) is 9.55. The van der Waals surface area contributed by atoms with Gasteiger partial charge in [-0.15, -0.1) is 0 Å². The Bertz CT molecular complexity index is 648. The van der Waals surface area contributed by atoms with Crippen LogP contribution in [-0.2, 0) is 10.0 Å². The zero-order valence-corrected chi connectivity index (χ0v) is 16.8. The molecule has 0 radical (unpaired) electrons. The van der Waals surface area contributed by atoms with Gasteiger partial charge in [-0.2, -0.15) is 0 Å². The van der Waals surface area contributed by atoms with E-state index in [0.717, 1.165) is 42.1 Å². The van der Waals surface area contributed by atoms with Crippen molar-refractivity contribution in [2.45, 2.75) is 35.5 Å². The maximum atomic E-state index is 11.1. The fraction of sp³-hybridized carbons (Fsp3) is 0.333. The molecule has 1 atom stereocenters. The lowest BCUT2D eigenvalue weighted by Crippen LogP contribution is -2.00. The summed E-state index contributed by atoms with van der Waals surface area (Å²) >= 11 is 0. The molecule has 0 N–H and O–H groups in total. The van der Waals surface area contributed by atoms with Gasteiger partial charge in [0.1, 0.15) is 21.5 Å². The largest absolute Gasteiger partial charge is 0.494 e. The van der Waals surface area contributed by atoms with Crippen molar-refractivity contribution in [1.29, 1.82) is 0 Å². The van der Waals surface area contributed by atoms with Gasteiger partial charge in [0.15, 0.2) is 0 Å². The van der Waals surface area contributed by atoms with E-state index in [0.29, 0.717) is 18.1 Å². The van der Waals surface area contributed by atoms with Crippen molar-refractivity contribution in [3.8, 4) is 11.5 Å². The monoisotopic (exact) mass is 418 g/mol. The summed E-state index contributed by atoms with van der Waals surface area (Å²) < 4.78 is 22.4. The summed E-state index contributed by atoms with van der Waals surface area (Å²) in [6.45, 7) is 1.38. The number of hydrogen-bond donors (Lipinski definition) is 0. The van der Waals surface area contributed by atoms with Crippen LogP contribution in [0.3, 0.4) is 0 Å². The Hall–Kier alpha value is -0.880. The number of unbranched alkanes of at least 4 members (excludes halogenated alkanes) is 3. The zero-order chi connectivity index (χ0) is 17.9. The Morgan fingerprint density at radius 3 is 1.72 bits per heavy atom. The van der Waals surface area contributed by atoms with Crippen LogP contribution in [0.15, 0.2) is 58.3 Å². The molecule has 25 heavy (non-hydrogen) atoms. The normalized spacial score (nSPS) is 11.9. The van der Waals surface area contributed by atoms with Gasteiger partial charge < -0.3 is 9.47 Å². The van der Waals surface area contributed by atoms with Gasteiger partial charge in [-0.25, -0.2) is 4.21 Å². The SMILES string of the molecule is O=S(Cl)c1ccc(OCCCCCCOc2ccc(SCl)cc2)cc1. The molecule has 2 aromatic carbocycles. The fourth-order valence-electron chi connectivity index (χ4n) is 2.17. The van der Waals surface area contributed by atoms with Gasteiger partial charge in [0.05, 0.1) is 18.1 Å². The molecule has 1 unspecified atom stereocenters. The average molecular weight is 419 g/mol. The number of rotatable bonds is 11. The minimum atomic E-state index is -1.47. The van der Waals surface area contributed by atoms with Crippen LogP contribution in [0.25, 0.3) is 0 Å². The highest BCUT2D eigenvalue weighted by atomic mass is 35.7. The molecule has 3 nitrogen and oxygen atoms in total. The van der Waals surface area contributed by atoms with Gasteiger partial charge in [0, 0.05) is 4.90 Å². The second-order valence-corrected chi connectivity index (χ2v) is 8.20. The number of benzene rings is 2. The molecule has 2 aromatic rings. The molecule has 0 aliphatic heterocycles. The van der Waals surface area contributed by atoms with E-state index >= 15 is 0 Å². The van der Waals surface area contributed by atoms with Crippen molar-refractivity contribution >= 4 is 42.4 Å². The van der Waals surface area contributed by atoms with Gasteiger partial charge in [0.25, 0.3) is 0 Å². The summed E-state index contributed by atoms with van der Waals surface area (Å²) in [5, 5.41) is 0. The molecule has 7 heteroatoms. The first kappa shape index (κ1) is 20.4. The van der Waals surface area contributed by atoms with Crippen LogP contribution in [0.4, 0.5) is 0 Å². The van der Waals surface area contributed by atoms with Crippen LogP contribution in [0.1, 0.15) is 25.7 Å². The quantitative estimate of drug-likeness (QED) is 0.320. The van der Waals surface area contributed by atoms with Gasteiger partial charge in [-0.1, -0.05) is 0 Å². The van der Waals surface area contributed by atoms with E-state index in [1.165, 1.54) is 11.0 Å². The second-order valence-electron chi connectivity index (χ2n) is 5.35. The maximum absolute atomic E-state index is 11.1. The number of ether oxygens (including phenoxy) is 2. The van der Waals surface area contributed by atoms with E-state index in [2.05, 4.69) is 0 Å². The van der Waals surface area contributed by atoms with Crippen LogP contribution in [0.5, 0.6) is 11.5 Å². The molecule has 0 bridgehead atoms. The lowest BCUT2D eigenvalue weighted by Gasteiger charge is -2.08. The van der Waals surface area contributed by atoms with Crippen LogP contribution in [-0.4, -0.2) is 17.4 Å². The van der Waals surface area contributed by atoms with E-state index in [1.54, 1.807) is 24.3 Å². The Balaban J connectivity index is 1.51. The average Bonchev–Trinajstić information content (AvgIpc) is 2.64. The molecule has 0 saturated heterocycles. The molecule has 0 fully saturated rings. The highest BCUT2D eigenvalue weighted by molar-refractivity contribution is 8.21. The van der Waals surface area contributed by atoms with Crippen LogP contribution in [0, 0.1) is 0 Å². The van der Waals surface area contributed by atoms with Crippen molar-refractivity contribution in [3.63, 3.8) is 0 Å². The van der Waals surface area contributed by atoms with Crippen LogP contribution in [0.2, 0.25) is 0 Å². The summed E-state index contributed by atoms with van der Waals surface area (Å²) in [5.41, 5.74) is 0. The van der Waals surface area contributed by atoms with E-state index in [-0.39, 0.29) is 0 Å². The summed E-state index contributed by atoms with van der Waals surface area (Å²) in [7, 11) is 10.9. The third-order valence-corrected chi connectivity index (χ3v) is 5.66. The third kappa shape index (κ3) is 7.90. The van der Waals surface area contributed by atoms with Crippen molar-refractivity contribution < 1.29 is 13.7 Å². The first-order valence-electron chi connectivity index (χ1n) is 8.01. The van der Waals surface area contributed by atoms with Crippen LogP contribution < -0.4 is 9.47 Å². The number of halogens is 2. The van der Waals surface area contributed by atoms with Crippen LogP contribution >= 0.6 is 32.3 Å². The summed E-state index contributed by atoms with van der Waals surface area (Å²) in [5.74, 6) is 1.65. The Morgan fingerprint density at radius 2 is 1.28 bits per heavy atom.